The first-order valence-corrected chi connectivity index (χ1v) is 23.6. The summed E-state index contributed by atoms with van der Waals surface area (Å²) < 4.78 is 51.6. The van der Waals surface area contributed by atoms with Gasteiger partial charge in [0, 0.05) is 28.9 Å². The Hall–Kier alpha value is -7.20. The van der Waals surface area contributed by atoms with Crippen molar-refractivity contribution < 1.29 is 62.5 Å². The molecule has 4 N–H and O–H groups in total. The maximum absolute atomic E-state index is 12.7. The van der Waals surface area contributed by atoms with E-state index in [0.717, 1.165) is 56.8 Å². The van der Waals surface area contributed by atoms with Gasteiger partial charge in [-0.3, -0.25) is 9.59 Å². The Morgan fingerprint density at radius 2 is 0.824 bits per heavy atom. The fraction of sp³-hybridized carbons (Fsp3) is 0.246. The first kappa shape index (κ1) is 59.4. The van der Waals surface area contributed by atoms with Crippen LogP contribution in [0.2, 0.25) is 0 Å². The van der Waals surface area contributed by atoms with Crippen LogP contribution in [0.1, 0.15) is 67.4 Å². The molecular formula is C61H66F2O11. The molecule has 0 amide bonds. The molecule has 0 spiro atoms. The van der Waals surface area contributed by atoms with Crippen molar-refractivity contribution in [1.29, 1.82) is 0 Å². The van der Waals surface area contributed by atoms with Crippen LogP contribution >= 0.6 is 0 Å². The average Bonchev–Trinajstić information content (AvgIpc) is 4.16. The van der Waals surface area contributed by atoms with Crippen LogP contribution in [0, 0.1) is 29.4 Å². The van der Waals surface area contributed by atoms with Crippen molar-refractivity contribution in [1.82, 2.24) is 0 Å². The number of halogens is 2. The molecule has 13 heteroatoms. The minimum atomic E-state index is -0.527. The number of rotatable bonds is 12. The van der Waals surface area contributed by atoms with E-state index in [1.807, 2.05) is 84.9 Å². The van der Waals surface area contributed by atoms with Crippen LogP contribution in [0.4, 0.5) is 8.78 Å². The molecular weight excluding hydrogens is 947 g/mol. The van der Waals surface area contributed by atoms with Gasteiger partial charge in [0.1, 0.15) is 35.7 Å². The second kappa shape index (κ2) is 32.1. The number of benzene rings is 6. The summed E-state index contributed by atoms with van der Waals surface area (Å²) in [4.78, 5) is 20.2. The van der Waals surface area contributed by atoms with Crippen molar-refractivity contribution in [3.05, 3.63) is 252 Å². The standard InChI is InChI=1S/C13H16O3.C12H13FO2.C12H14O2.C9H10O.C8H8O2.C7H5FO/c1-9-8-16-13(12(9)7-14)10-3-5-11(15-2)6-4-10;1-8-7-15-12(11(8)6-14)9-2-4-10(13)5-3-9;1-9-8-14-12(11(9)7-13)10-5-3-2-4-6-10;1-2-9(10)8-6-4-3-5-7-8;1-10-8-4-2-7(6-9)3-5-8;8-7-3-1-6(5-9)2-4-7/h3-6,12-14H,1,7-8H2,2H3;2-5,11-12,14H,1,6-7H2;2-6,11-13H,1,7-8H2;2-7,9-10H,1H2;2-6H,1H3;1-5H/t12-,13+;2*11-,12+;;;/m000.../s1. The summed E-state index contributed by atoms with van der Waals surface area (Å²) in [6, 6.07) is 45.6. The van der Waals surface area contributed by atoms with Crippen LogP contribution in [-0.2, 0) is 14.2 Å². The number of carbonyl (C=O) groups excluding carboxylic acids is 2. The van der Waals surface area contributed by atoms with E-state index in [-0.39, 0.29) is 67.5 Å². The largest absolute Gasteiger partial charge is 0.497 e. The van der Waals surface area contributed by atoms with E-state index in [0.29, 0.717) is 37.2 Å². The summed E-state index contributed by atoms with van der Waals surface area (Å²) in [5.41, 5.74) is 7.95. The highest BCUT2D eigenvalue weighted by Gasteiger charge is 2.34. The quantitative estimate of drug-likeness (QED) is 0.0682. The van der Waals surface area contributed by atoms with Crippen molar-refractivity contribution >= 4 is 12.6 Å². The van der Waals surface area contributed by atoms with Gasteiger partial charge in [-0.2, -0.15) is 0 Å². The summed E-state index contributed by atoms with van der Waals surface area (Å²) in [7, 11) is 3.23. The second-order valence-corrected chi connectivity index (χ2v) is 16.9. The number of hydrogen-bond acceptors (Lipinski definition) is 11. The van der Waals surface area contributed by atoms with Crippen molar-refractivity contribution in [3.63, 3.8) is 0 Å². The number of methoxy groups -OCH3 is 2. The first-order valence-electron chi connectivity index (χ1n) is 23.6. The number of hydrogen-bond donors (Lipinski definition) is 4. The highest BCUT2D eigenvalue weighted by molar-refractivity contribution is 5.75. The minimum Gasteiger partial charge on any atom is -0.497 e. The third-order valence-corrected chi connectivity index (χ3v) is 12.0. The van der Waals surface area contributed by atoms with Crippen LogP contribution in [0.3, 0.4) is 0 Å². The molecule has 0 radical (unpaired) electrons. The van der Waals surface area contributed by atoms with Crippen LogP contribution < -0.4 is 9.47 Å². The smallest absolute Gasteiger partial charge is 0.150 e. The lowest BCUT2D eigenvalue weighted by atomic mass is 9.93. The van der Waals surface area contributed by atoms with Crippen LogP contribution in [0.5, 0.6) is 11.5 Å². The van der Waals surface area contributed by atoms with Crippen LogP contribution in [0.15, 0.2) is 207 Å². The van der Waals surface area contributed by atoms with Gasteiger partial charge >= 0.3 is 0 Å². The van der Waals surface area contributed by atoms with E-state index in [2.05, 4.69) is 26.3 Å². The average molecular weight is 1010 g/mol. The molecule has 7 atom stereocenters. The summed E-state index contributed by atoms with van der Waals surface area (Å²) in [5.74, 6) is 0.990. The van der Waals surface area contributed by atoms with E-state index in [9.17, 15) is 38.8 Å². The molecule has 3 saturated heterocycles. The zero-order valence-corrected chi connectivity index (χ0v) is 41.8. The molecule has 9 rings (SSSR count). The highest BCUT2D eigenvalue weighted by Crippen LogP contribution is 2.39. The molecule has 0 aliphatic carbocycles. The number of aliphatic hydroxyl groups is 4. The zero-order chi connectivity index (χ0) is 53.8. The highest BCUT2D eigenvalue weighted by atomic mass is 19.1. The van der Waals surface area contributed by atoms with E-state index in [4.69, 9.17) is 23.7 Å². The zero-order valence-electron chi connectivity index (χ0n) is 41.8. The summed E-state index contributed by atoms with van der Waals surface area (Å²) in [6.07, 6.45) is 2.18. The molecule has 3 aliphatic heterocycles. The van der Waals surface area contributed by atoms with Gasteiger partial charge in [-0.1, -0.05) is 111 Å². The third-order valence-electron chi connectivity index (χ3n) is 12.0. The normalized spacial score (nSPS) is 19.6. The molecule has 0 bridgehead atoms. The molecule has 0 saturated carbocycles. The molecule has 1 unspecified atom stereocenters. The van der Waals surface area contributed by atoms with Gasteiger partial charge in [-0.25, -0.2) is 8.78 Å². The lowest BCUT2D eigenvalue weighted by Gasteiger charge is -2.17. The van der Waals surface area contributed by atoms with Crippen LogP contribution in [0.25, 0.3) is 0 Å². The number of carbonyl (C=O) groups is 2. The summed E-state index contributed by atoms with van der Waals surface area (Å²) >= 11 is 0. The van der Waals surface area contributed by atoms with Crippen molar-refractivity contribution in [2.24, 2.45) is 17.8 Å². The van der Waals surface area contributed by atoms with E-state index in [1.165, 1.54) is 42.5 Å². The number of ether oxygens (including phenoxy) is 5. The molecule has 74 heavy (non-hydrogen) atoms. The van der Waals surface area contributed by atoms with Gasteiger partial charge in [0.25, 0.3) is 0 Å². The van der Waals surface area contributed by atoms with Crippen molar-refractivity contribution in [2.45, 2.75) is 24.4 Å². The van der Waals surface area contributed by atoms with Crippen LogP contribution in [-0.4, -0.2) is 86.9 Å². The lowest BCUT2D eigenvalue weighted by Crippen LogP contribution is -2.12. The van der Waals surface area contributed by atoms with E-state index in [1.54, 1.807) is 50.6 Å². The molecule has 6 aromatic rings. The van der Waals surface area contributed by atoms with Gasteiger partial charge in [0.15, 0.2) is 0 Å². The summed E-state index contributed by atoms with van der Waals surface area (Å²) in [6.45, 7) is 16.9. The molecule has 3 aliphatic rings. The topological polar surface area (TPSA) is 161 Å². The monoisotopic (exact) mass is 1010 g/mol. The van der Waals surface area contributed by atoms with E-state index >= 15 is 0 Å². The summed E-state index contributed by atoms with van der Waals surface area (Å²) in [5, 5.41) is 36.9. The maximum Gasteiger partial charge on any atom is 0.150 e. The molecule has 3 heterocycles. The maximum atomic E-state index is 12.7. The van der Waals surface area contributed by atoms with E-state index < -0.39 is 6.10 Å². The number of aliphatic hydroxyl groups excluding tert-OH is 4. The van der Waals surface area contributed by atoms with Crippen molar-refractivity contribution in [3.8, 4) is 11.5 Å². The molecule has 0 aromatic heterocycles. The fourth-order valence-corrected chi connectivity index (χ4v) is 7.66. The Bertz CT molecular complexity index is 2610. The predicted octanol–water partition coefficient (Wildman–Crippen LogP) is 11.0. The lowest BCUT2D eigenvalue weighted by molar-refractivity contribution is 0.0719. The van der Waals surface area contributed by atoms with Gasteiger partial charge < -0.3 is 44.1 Å². The Balaban J connectivity index is 0.000000195. The Labute approximate surface area is 432 Å². The molecule has 3 fully saturated rings. The Morgan fingerprint density at radius 1 is 0.514 bits per heavy atom. The fourth-order valence-electron chi connectivity index (χ4n) is 7.66. The minimum absolute atomic E-state index is 0.00777. The Morgan fingerprint density at radius 3 is 1.16 bits per heavy atom. The van der Waals surface area contributed by atoms with Gasteiger partial charge in [0.05, 0.1) is 78.3 Å². The Kier molecular flexibility index (Phi) is 25.7. The first-order chi connectivity index (χ1) is 35.8. The second-order valence-electron chi connectivity index (χ2n) is 16.9. The molecule has 390 valence electrons. The SMILES string of the molecule is C=C1CO[C@H](c2ccc(F)cc2)[C@H]1CO.C=C1CO[C@H](c2ccc(OC)cc2)[C@H]1CO.C=C1CO[C@H](c2ccccc2)[C@H]1CO.C=CC(O)c1ccccc1.COc1ccc(C=O)cc1.O=Cc1ccc(F)cc1. The third kappa shape index (κ3) is 18.4. The number of aldehydes is 2. The molecule has 6 aromatic carbocycles. The van der Waals surface area contributed by atoms with Gasteiger partial charge in [0.2, 0.25) is 0 Å². The van der Waals surface area contributed by atoms with Gasteiger partial charge in [-0.15, -0.1) is 6.58 Å². The van der Waals surface area contributed by atoms with Gasteiger partial charge in [-0.05, 0) is 112 Å². The molecule has 11 nitrogen and oxygen atoms in total. The predicted molar refractivity (Wildman–Crippen MR) is 283 cm³/mol. The van der Waals surface area contributed by atoms with Crippen molar-refractivity contribution in [2.75, 3.05) is 53.9 Å².